The minimum absolute atomic E-state index is 0.0382. The molecule has 4 rings (SSSR count). The Hall–Kier alpha value is -3.96. The average Bonchev–Trinajstić information content (AvgIpc) is 3.64. The first-order chi connectivity index (χ1) is 28.0. The number of esters is 1. The summed E-state index contributed by atoms with van der Waals surface area (Å²) in [5.74, 6) is -0.507. The summed E-state index contributed by atoms with van der Waals surface area (Å²) in [4.78, 5) is 13.9. The molecule has 0 aliphatic carbocycles. The van der Waals surface area contributed by atoms with Crippen LogP contribution in [0.1, 0.15) is 152 Å². The smallest absolute Gasteiger partial charge is 0.416 e. The Balaban J connectivity index is 1.13. The van der Waals surface area contributed by atoms with Crippen LogP contribution in [0.5, 0.6) is 5.75 Å². The number of phenolic OH excluding ortho intramolecular Hbond substituents is 1. The lowest BCUT2D eigenvalue weighted by Gasteiger charge is -2.28. The van der Waals surface area contributed by atoms with E-state index in [1.807, 2.05) is 50.2 Å². The second-order valence-electron chi connectivity index (χ2n) is 15.9. The number of benzene rings is 3. The number of aromatic nitrogens is 3. The molecule has 4 aromatic rings. The molecule has 0 aliphatic rings. The highest BCUT2D eigenvalue weighted by molar-refractivity contribution is 5.75. The van der Waals surface area contributed by atoms with Crippen LogP contribution in [-0.4, -0.2) is 59.1 Å². The van der Waals surface area contributed by atoms with Crippen molar-refractivity contribution in [3.63, 3.8) is 0 Å². The molecular weight excluding hydrogens is 744 g/mol. The van der Waals surface area contributed by atoms with Crippen LogP contribution in [0.3, 0.4) is 0 Å². The van der Waals surface area contributed by atoms with E-state index in [0.29, 0.717) is 24.3 Å². The fourth-order valence-corrected chi connectivity index (χ4v) is 7.27. The van der Waals surface area contributed by atoms with Gasteiger partial charge in [-0.1, -0.05) is 153 Å². The number of aryl methyl sites for hydroxylation is 1. The van der Waals surface area contributed by atoms with Crippen molar-refractivity contribution in [3.05, 3.63) is 82.9 Å². The molecule has 0 atom stereocenters. The summed E-state index contributed by atoms with van der Waals surface area (Å²) >= 11 is 0. The number of fused-ring (bicyclic) bond motifs is 1. The fraction of sp³-hybridized carbons (Fsp3) is 0.596. The van der Waals surface area contributed by atoms with Crippen molar-refractivity contribution in [2.45, 2.75) is 148 Å². The summed E-state index contributed by atoms with van der Waals surface area (Å²) in [6.07, 6.45) is 17.3. The van der Waals surface area contributed by atoms with E-state index >= 15 is 0 Å². The van der Waals surface area contributed by atoms with E-state index in [4.69, 9.17) is 14.2 Å². The fourth-order valence-electron chi connectivity index (χ4n) is 7.27. The zero-order valence-corrected chi connectivity index (χ0v) is 35.1. The normalized spacial score (nSPS) is 12.1. The zero-order valence-electron chi connectivity index (χ0n) is 35.1. The van der Waals surface area contributed by atoms with Gasteiger partial charge in [-0.3, -0.25) is 4.79 Å². The van der Waals surface area contributed by atoms with Gasteiger partial charge in [-0.2, -0.15) is 13.2 Å². The molecule has 0 saturated carbocycles. The van der Waals surface area contributed by atoms with Crippen molar-refractivity contribution in [1.29, 1.82) is 0 Å². The molecule has 0 bridgehead atoms. The van der Waals surface area contributed by atoms with Gasteiger partial charge in [0, 0.05) is 24.0 Å². The number of rotatable bonds is 29. The minimum Gasteiger partial charge on any atom is -0.505 e. The molecule has 0 amide bonds. The predicted molar refractivity (Wildman–Crippen MR) is 225 cm³/mol. The first kappa shape index (κ1) is 46.7. The van der Waals surface area contributed by atoms with Gasteiger partial charge in [-0.25, -0.2) is 0 Å². The summed E-state index contributed by atoms with van der Waals surface area (Å²) in [7, 11) is 0. The topological polar surface area (TPSA) is 95.7 Å². The molecule has 1 N–H and O–H groups in total. The number of phenols is 1. The van der Waals surface area contributed by atoms with Gasteiger partial charge < -0.3 is 19.3 Å². The number of halogens is 3. The SMILES string of the molecule is CCCCCCCCCCCCCCCCCCOCCOCCOC(=O)CCc1cc(-n2nc3ccc(C(F)(F)F)cc3n2)c(O)c(C(C)(C)c2ccccc2)c1. The number of ether oxygens (including phenoxy) is 3. The van der Waals surface area contributed by atoms with Gasteiger partial charge in [0.2, 0.25) is 0 Å². The van der Waals surface area contributed by atoms with Gasteiger partial charge in [0.05, 0.1) is 25.4 Å². The predicted octanol–water partition coefficient (Wildman–Crippen LogP) is 12.2. The highest BCUT2D eigenvalue weighted by Gasteiger charge is 2.32. The van der Waals surface area contributed by atoms with Crippen LogP contribution in [0.15, 0.2) is 60.7 Å². The second kappa shape index (κ2) is 24.8. The Morgan fingerprint density at radius 2 is 1.21 bits per heavy atom. The summed E-state index contributed by atoms with van der Waals surface area (Å²) in [5, 5.41) is 20.3. The minimum atomic E-state index is -4.53. The van der Waals surface area contributed by atoms with Crippen molar-refractivity contribution in [3.8, 4) is 11.4 Å². The largest absolute Gasteiger partial charge is 0.505 e. The molecule has 1 aromatic heterocycles. The molecule has 320 valence electrons. The lowest BCUT2D eigenvalue weighted by molar-refractivity contribution is -0.145. The van der Waals surface area contributed by atoms with Crippen molar-refractivity contribution >= 4 is 17.0 Å². The van der Waals surface area contributed by atoms with Crippen LogP contribution in [-0.2, 0) is 37.0 Å². The molecule has 0 aliphatic heterocycles. The van der Waals surface area contributed by atoms with Gasteiger partial charge >= 0.3 is 12.1 Å². The maximum absolute atomic E-state index is 13.4. The Labute approximate surface area is 343 Å². The van der Waals surface area contributed by atoms with Crippen LogP contribution in [0.4, 0.5) is 13.2 Å². The van der Waals surface area contributed by atoms with E-state index in [9.17, 15) is 23.1 Å². The Kier molecular flexibility index (Phi) is 20.0. The molecule has 0 spiro atoms. The van der Waals surface area contributed by atoms with E-state index < -0.39 is 23.1 Å². The number of nitrogens with zero attached hydrogens (tertiary/aromatic N) is 3. The monoisotopic (exact) mass is 809 g/mol. The van der Waals surface area contributed by atoms with Crippen LogP contribution in [0.25, 0.3) is 16.7 Å². The lowest BCUT2D eigenvalue weighted by atomic mass is 9.76. The summed E-state index contributed by atoms with van der Waals surface area (Å²) in [6, 6.07) is 16.3. The molecule has 11 heteroatoms. The van der Waals surface area contributed by atoms with E-state index in [2.05, 4.69) is 17.1 Å². The van der Waals surface area contributed by atoms with Crippen molar-refractivity contribution in [1.82, 2.24) is 15.0 Å². The highest BCUT2D eigenvalue weighted by atomic mass is 19.4. The summed E-state index contributed by atoms with van der Waals surface area (Å²) in [5.41, 5.74) is 1.16. The maximum Gasteiger partial charge on any atom is 0.416 e. The van der Waals surface area contributed by atoms with Crippen LogP contribution in [0.2, 0.25) is 0 Å². The number of aromatic hydroxyl groups is 1. The third-order valence-electron chi connectivity index (χ3n) is 10.9. The van der Waals surface area contributed by atoms with E-state index in [1.165, 1.54) is 102 Å². The van der Waals surface area contributed by atoms with E-state index in [1.54, 1.807) is 6.07 Å². The number of carbonyl (C=O) groups excluding carboxylic acids is 1. The Bertz CT molecular complexity index is 1780. The molecular formula is C47H66F3N3O5. The van der Waals surface area contributed by atoms with Crippen LogP contribution >= 0.6 is 0 Å². The zero-order chi connectivity index (χ0) is 41.6. The first-order valence-electron chi connectivity index (χ1n) is 21.7. The average molecular weight is 810 g/mol. The van der Waals surface area contributed by atoms with Crippen LogP contribution in [0, 0.1) is 0 Å². The maximum atomic E-state index is 13.4. The molecule has 0 fully saturated rings. The number of hydrogen-bond acceptors (Lipinski definition) is 7. The van der Waals surface area contributed by atoms with Gasteiger partial charge in [-0.15, -0.1) is 15.0 Å². The quantitative estimate of drug-likeness (QED) is 0.0431. The standard InChI is InChI=1S/C47H66F3N3O5/c1-4-5-6-7-8-9-10-11-12-13-14-15-16-17-18-22-29-56-30-31-57-32-33-58-44(54)28-25-37-34-40(46(2,3)38-23-20-19-21-24-38)45(55)43(35-37)53-51-41-27-26-39(47(48,49)50)36-42(41)52-53/h19-21,23-24,26-27,34-36,55H,4-18,22,25,28-33H2,1-3H3. The van der Waals surface area contributed by atoms with Crippen molar-refractivity contribution in [2.24, 2.45) is 0 Å². The van der Waals surface area contributed by atoms with Gasteiger partial charge in [0.25, 0.3) is 0 Å². The molecule has 8 nitrogen and oxygen atoms in total. The van der Waals surface area contributed by atoms with Gasteiger partial charge in [0.15, 0.2) is 0 Å². The third-order valence-corrected chi connectivity index (χ3v) is 10.9. The number of unbranched alkanes of at least 4 members (excludes halogenated alkanes) is 15. The van der Waals surface area contributed by atoms with Crippen molar-refractivity contribution in [2.75, 3.05) is 33.0 Å². The Morgan fingerprint density at radius 1 is 0.655 bits per heavy atom. The molecule has 3 aromatic carbocycles. The number of carbonyl (C=O) groups is 1. The molecule has 58 heavy (non-hydrogen) atoms. The number of alkyl halides is 3. The molecule has 1 heterocycles. The van der Waals surface area contributed by atoms with E-state index in [-0.39, 0.29) is 48.5 Å². The van der Waals surface area contributed by atoms with E-state index in [0.717, 1.165) is 35.5 Å². The summed E-state index contributed by atoms with van der Waals surface area (Å²) < 4.78 is 56.9. The van der Waals surface area contributed by atoms with Crippen molar-refractivity contribution < 1.29 is 37.3 Å². The third kappa shape index (κ3) is 15.7. The van der Waals surface area contributed by atoms with Gasteiger partial charge in [-0.05, 0) is 48.2 Å². The summed E-state index contributed by atoms with van der Waals surface area (Å²) in [6.45, 7) is 8.25. The lowest BCUT2D eigenvalue weighted by Crippen LogP contribution is -2.20. The van der Waals surface area contributed by atoms with Crippen LogP contribution < -0.4 is 0 Å². The number of hydrogen-bond donors (Lipinski definition) is 1. The Morgan fingerprint density at radius 3 is 1.81 bits per heavy atom. The molecule has 0 saturated heterocycles. The molecule has 0 radical (unpaired) electrons. The molecule has 0 unspecified atom stereocenters. The highest BCUT2D eigenvalue weighted by Crippen LogP contribution is 2.41. The van der Waals surface area contributed by atoms with Gasteiger partial charge in [0.1, 0.15) is 29.1 Å². The second-order valence-corrected chi connectivity index (χ2v) is 15.9. The first-order valence-corrected chi connectivity index (χ1v) is 21.7.